The van der Waals surface area contributed by atoms with Gasteiger partial charge in [0.1, 0.15) is 23.7 Å². The van der Waals surface area contributed by atoms with Crippen LogP contribution in [0.2, 0.25) is 0 Å². The first-order valence-corrected chi connectivity index (χ1v) is 8.24. The van der Waals surface area contributed by atoms with Crippen molar-refractivity contribution in [1.29, 1.82) is 0 Å². The highest BCUT2D eigenvalue weighted by molar-refractivity contribution is 6.04. The Hall–Kier alpha value is -3.31. The fourth-order valence-corrected chi connectivity index (χ4v) is 2.91. The minimum atomic E-state index is -0.297. The zero-order valence-electron chi connectivity index (χ0n) is 14.2. The maximum Gasteiger partial charge on any atom is 0.291 e. The number of rotatable bonds is 4. The van der Waals surface area contributed by atoms with Crippen LogP contribution in [0.25, 0.3) is 22.3 Å². The minimum absolute atomic E-state index is 0.134. The number of aliphatic hydroxyl groups is 1. The van der Waals surface area contributed by atoms with Crippen LogP contribution in [0.1, 0.15) is 21.9 Å². The Labute approximate surface area is 149 Å². The average molecular weight is 347 g/mol. The van der Waals surface area contributed by atoms with E-state index in [0.29, 0.717) is 22.8 Å². The molecule has 0 radical (unpaired) electrons. The van der Waals surface area contributed by atoms with Gasteiger partial charge in [-0.2, -0.15) is 0 Å². The number of aryl methyl sites for hydroxylation is 1. The summed E-state index contributed by atoms with van der Waals surface area (Å²) in [6.07, 6.45) is 0. The molecule has 1 amide bonds. The normalized spacial score (nSPS) is 11.0. The average Bonchev–Trinajstić information content (AvgIpc) is 3.28. The number of hydrogen-bond donors (Lipinski definition) is 2. The molecule has 2 heterocycles. The molecular weight excluding hydrogens is 330 g/mol. The molecule has 0 atom stereocenters. The largest absolute Gasteiger partial charge is 0.459 e. The van der Waals surface area contributed by atoms with Crippen LogP contribution in [0.5, 0.6) is 0 Å². The first kappa shape index (κ1) is 16.2. The second-order valence-electron chi connectivity index (χ2n) is 6.06. The molecule has 0 saturated heterocycles. The van der Waals surface area contributed by atoms with Crippen LogP contribution in [0.15, 0.2) is 69.5 Å². The topological polar surface area (TPSA) is 75.6 Å². The van der Waals surface area contributed by atoms with E-state index in [9.17, 15) is 4.79 Å². The summed E-state index contributed by atoms with van der Waals surface area (Å²) in [5, 5.41) is 12.9. The van der Waals surface area contributed by atoms with Crippen LogP contribution in [0, 0.1) is 6.92 Å². The number of amides is 1. The Bertz CT molecular complexity index is 1060. The first-order chi connectivity index (χ1) is 12.6. The number of hydrogen-bond acceptors (Lipinski definition) is 4. The van der Waals surface area contributed by atoms with Crippen LogP contribution in [-0.2, 0) is 6.61 Å². The van der Waals surface area contributed by atoms with Gasteiger partial charge in [0, 0.05) is 16.6 Å². The predicted octanol–water partition coefficient (Wildman–Crippen LogP) is 4.75. The number of benzene rings is 2. The van der Waals surface area contributed by atoms with E-state index in [0.717, 1.165) is 16.5 Å². The molecule has 2 N–H and O–H groups in total. The second-order valence-corrected chi connectivity index (χ2v) is 6.06. The number of nitrogens with one attached hydrogen (secondary N) is 1. The highest BCUT2D eigenvalue weighted by Crippen LogP contribution is 2.28. The fraction of sp³-hybridized carbons (Fsp3) is 0.0952. The van der Waals surface area contributed by atoms with Crippen molar-refractivity contribution < 1.29 is 18.7 Å². The van der Waals surface area contributed by atoms with E-state index in [2.05, 4.69) is 5.32 Å². The summed E-state index contributed by atoms with van der Waals surface area (Å²) in [5.74, 6) is 1.17. The fourth-order valence-electron chi connectivity index (χ4n) is 2.91. The predicted molar refractivity (Wildman–Crippen MR) is 99.0 cm³/mol. The number of fused-ring (bicyclic) bond motifs is 1. The van der Waals surface area contributed by atoms with Gasteiger partial charge in [0.2, 0.25) is 0 Å². The quantitative estimate of drug-likeness (QED) is 0.559. The van der Waals surface area contributed by atoms with Crippen LogP contribution in [0.3, 0.4) is 0 Å². The lowest BCUT2D eigenvalue weighted by Gasteiger charge is -2.08. The third kappa shape index (κ3) is 3.00. The maximum atomic E-state index is 12.4. The molecule has 0 spiro atoms. The molecule has 26 heavy (non-hydrogen) atoms. The molecule has 0 aliphatic heterocycles. The van der Waals surface area contributed by atoms with Gasteiger partial charge in [-0.3, -0.25) is 4.79 Å². The summed E-state index contributed by atoms with van der Waals surface area (Å²) >= 11 is 0. The van der Waals surface area contributed by atoms with Crippen LogP contribution >= 0.6 is 0 Å². The molecular formula is C21H17NO4. The minimum Gasteiger partial charge on any atom is -0.459 e. The number of para-hydroxylation sites is 1. The monoisotopic (exact) mass is 347 g/mol. The Morgan fingerprint density at radius 2 is 1.88 bits per heavy atom. The molecule has 5 nitrogen and oxygen atoms in total. The Kier molecular flexibility index (Phi) is 4.07. The van der Waals surface area contributed by atoms with E-state index >= 15 is 0 Å². The zero-order chi connectivity index (χ0) is 18.1. The molecule has 5 heteroatoms. The van der Waals surface area contributed by atoms with Crippen molar-refractivity contribution in [3.8, 4) is 11.3 Å². The molecule has 0 aliphatic rings. The molecule has 0 aliphatic carbocycles. The van der Waals surface area contributed by atoms with E-state index in [4.69, 9.17) is 13.9 Å². The first-order valence-electron chi connectivity index (χ1n) is 8.24. The molecule has 0 unspecified atom stereocenters. The van der Waals surface area contributed by atoms with Gasteiger partial charge in [0.05, 0.1) is 0 Å². The molecule has 0 saturated carbocycles. The maximum absolute atomic E-state index is 12.4. The molecule has 4 rings (SSSR count). The summed E-state index contributed by atoms with van der Waals surface area (Å²) in [5.41, 5.74) is 3.21. The Morgan fingerprint density at radius 1 is 1.04 bits per heavy atom. The summed E-state index contributed by atoms with van der Waals surface area (Å²) < 4.78 is 11.2. The van der Waals surface area contributed by atoms with Gasteiger partial charge >= 0.3 is 0 Å². The number of furan rings is 2. The van der Waals surface area contributed by atoms with Crippen LogP contribution in [0.4, 0.5) is 5.69 Å². The standard InChI is InChI=1S/C21H17NO4/c1-13-10-15(6-8-17(13)19-9-7-16(12-23)25-19)22-21(24)20-11-14-4-2-3-5-18(14)26-20/h2-11,23H,12H2,1H3,(H,22,24). The van der Waals surface area contributed by atoms with Gasteiger partial charge < -0.3 is 19.3 Å². The summed E-state index contributed by atoms with van der Waals surface area (Å²) in [4.78, 5) is 12.4. The number of carbonyl (C=O) groups excluding carboxylic acids is 1. The number of anilines is 1. The van der Waals surface area contributed by atoms with E-state index in [1.807, 2.05) is 55.5 Å². The van der Waals surface area contributed by atoms with Gasteiger partial charge in [-0.25, -0.2) is 0 Å². The van der Waals surface area contributed by atoms with Crippen molar-refractivity contribution in [3.05, 3.63) is 77.7 Å². The van der Waals surface area contributed by atoms with E-state index in [-0.39, 0.29) is 18.3 Å². The van der Waals surface area contributed by atoms with Crippen LogP contribution in [-0.4, -0.2) is 11.0 Å². The lowest BCUT2D eigenvalue weighted by atomic mass is 10.1. The highest BCUT2D eigenvalue weighted by atomic mass is 16.4. The van der Waals surface area contributed by atoms with Crippen molar-refractivity contribution in [1.82, 2.24) is 0 Å². The Morgan fingerprint density at radius 3 is 2.62 bits per heavy atom. The second kappa shape index (κ2) is 6.54. The highest BCUT2D eigenvalue weighted by Gasteiger charge is 2.14. The zero-order valence-corrected chi connectivity index (χ0v) is 14.2. The summed E-state index contributed by atoms with van der Waals surface area (Å²) in [7, 11) is 0. The molecule has 0 bridgehead atoms. The van der Waals surface area contributed by atoms with Crippen molar-refractivity contribution in [2.24, 2.45) is 0 Å². The van der Waals surface area contributed by atoms with Crippen LogP contribution < -0.4 is 5.32 Å². The van der Waals surface area contributed by atoms with Gasteiger partial charge in [0.25, 0.3) is 5.91 Å². The Balaban J connectivity index is 1.56. The molecule has 2 aromatic heterocycles. The van der Waals surface area contributed by atoms with Crippen molar-refractivity contribution in [2.75, 3.05) is 5.32 Å². The summed E-state index contributed by atoms with van der Waals surface area (Å²) in [6, 6.07) is 18.3. The third-order valence-electron chi connectivity index (χ3n) is 4.22. The lowest BCUT2D eigenvalue weighted by Crippen LogP contribution is -2.10. The van der Waals surface area contributed by atoms with Crippen molar-refractivity contribution in [3.63, 3.8) is 0 Å². The molecule has 4 aromatic rings. The summed E-state index contributed by atoms with van der Waals surface area (Å²) in [6.45, 7) is 1.80. The van der Waals surface area contributed by atoms with E-state index < -0.39 is 0 Å². The SMILES string of the molecule is Cc1cc(NC(=O)c2cc3ccccc3o2)ccc1-c1ccc(CO)o1. The third-order valence-corrected chi connectivity index (χ3v) is 4.22. The van der Waals surface area contributed by atoms with Crippen molar-refractivity contribution >= 4 is 22.6 Å². The molecule has 130 valence electrons. The van der Waals surface area contributed by atoms with Gasteiger partial charge in [-0.15, -0.1) is 0 Å². The molecule has 2 aromatic carbocycles. The lowest BCUT2D eigenvalue weighted by molar-refractivity contribution is 0.0998. The van der Waals surface area contributed by atoms with E-state index in [1.165, 1.54) is 0 Å². The van der Waals surface area contributed by atoms with E-state index in [1.54, 1.807) is 12.1 Å². The van der Waals surface area contributed by atoms with Gasteiger partial charge in [0.15, 0.2) is 5.76 Å². The van der Waals surface area contributed by atoms with Crippen molar-refractivity contribution in [2.45, 2.75) is 13.5 Å². The number of aliphatic hydroxyl groups excluding tert-OH is 1. The van der Waals surface area contributed by atoms with Gasteiger partial charge in [-0.05, 0) is 55.0 Å². The smallest absolute Gasteiger partial charge is 0.291 e. The van der Waals surface area contributed by atoms with Gasteiger partial charge in [-0.1, -0.05) is 18.2 Å². The molecule has 0 fully saturated rings. The number of carbonyl (C=O) groups is 1.